The molecule has 8 heteroatoms. The molecule has 0 aromatic rings. The van der Waals surface area contributed by atoms with Gasteiger partial charge in [-0.15, -0.1) is 0 Å². The zero-order chi connectivity index (χ0) is 22.4. The van der Waals surface area contributed by atoms with Crippen LogP contribution in [-0.4, -0.2) is 79.3 Å². The van der Waals surface area contributed by atoms with Crippen molar-refractivity contribution in [2.45, 2.75) is 88.9 Å². The molecule has 1 spiro atoms. The molecule has 1 saturated carbocycles. The van der Waals surface area contributed by atoms with Crippen LogP contribution in [0.5, 0.6) is 0 Å². The number of epoxide rings is 2. The lowest BCUT2D eigenvalue weighted by molar-refractivity contribution is -0.126. The Morgan fingerprint density at radius 3 is 2.58 bits per heavy atom. The van der Waals surface area contributed by atoms with Crippen molar-refractivity contribution in [2.24, 2.45) is 5.92 Å². The molecule has 31 heavy (non-hydrogen) atoms. The first-order valence-electron chi connectivity index (χ1n) is 11.4. The first-order chi connectivity index (χ1) is 14.7. The highest BCUT2D eigenvalue weighted by molar-refractivity contribution is 5.76. The zero-order valence-corrected chi connectivity index (χ0v) is 19.3. The summed E-state index contributed by atoms with van der Waals surface area (Å²) in [6.45, 7) is 9.80. The molecule has 2 amide bonds. The molecule has 1 aliphatic carbocycles. The van der Waals surface area contributed by atoms with Crippen LogP contribution in [0, 0.1) is 5.92 Å². The number of rotatable bonds is 7. The summed E-state index contributed by atoms with van der Waals surface area (Å²) in [5.41, 5.74) is 0.696. The maximum atomic E-state index is 12.7. The lowest BCUT2D eigenvalue weighted by Gasteiger charge is -2.44. The number of amides is 2. The first kappa shape index (κ1) is 22.6. The highest BCUT2D eigenvalue weighted by Crippen LogP contribution is 2.59. The van der Waals surface area contributed by atoms with Gasteiger partial charge in [-0.2, -0.15) is 0 Å². The first-order valence-corrected chi connectivity index (χ1v) is 11.4. The predicted molar refractivity (Wildman–Crippen MR) is 114 cm³/mol. The van der Waals surface area contributed by atoms with Crippen LogP contribution in [-0.2, 0) is 23.7 Å². The molecule has 1 N–H and O–H groups in total. The second-order valence-electron chi connectivity index (χ2n) is 9.82. The van der Waals surface area contributed by atoms with Gasteiger partial charge in [0.15, 0.2) is 0 Å². The Bertz CT molecular complexity index is 740. The molecule has 0 radical (unpaired) electrons. The molecule has 3 heterocycles. The summed E-state index contributed by atoms with van der Waals surface area (Å²) >= 11 is 0. The molecule has 4 aliphatic rings. The summed E-state index contributed by atoms with van der Waals surface area (Å²) in [6.07, 6.45) is 4.21. The fraction of sp³-hybridized carbons (Fsp3) is 0.826. The smallest absolute Gasteiger partial charge is 0.410 e. The molecular formula is C23H36N2O6. The second-order valence-corrected chi connectivity index (χ2v) is 9.82. The largest absolute Gasteiger partial charge is 0.443 e. The van der Waals surface area contributed by atoms with E-state index in [0.717, 1.165) is 12.8 Å². The third kappa shape index (κ3) is 4.34. The summed E-state index contributed by atoms with van der Waals surface area (Å²) in [5, 5.41) is 2.90. The predicted octanol–water partition coefficient (Wildman–Crippen LogP) is 2.41. The third-order valence-corrected chi connectivity index (χ3v) is 7.32. The average molecular weight is 437 g/mol. The second kappa shape index (κ2) is 8.37. The quantitative estimate of drug-likeness (QED) is 0.487. The Hall–Kier alpha value is -1.64. The number of methoxy groups -OCH3 is 1. The summed E-state index contributed by atoms with van der Waals surface area (Å²) in [4.78, 5) is 25.9. The average Bonchev–Trinajstić information content (AvgIpc) is 3.61. The number of ether oxygens (including phenoxy) is 4. The Morgan fingerprint density at radius 1 is 1.29 bits per heavy atom. The topological polar surface area (TPSA) is 92.9 Å². The van der Waals surface area contributed by atoms with E-state index in [0.29, 0.717) is 32.5 Å². The number of hydrogen-bond donors (Lipinski definition) is 1. The third-order valence-electron chi connectivity index (χ3n) is 7.32. The fourth-order valence-electron chi connectivity index (χ4n) is 5.32. The molecule has 3 aliphatic heterocycles. The van der Waals surface area contributed by atoms with Crippen LogP contribution in [0.15, 0.2) is 11.6 Å². The molecule has 0 aromatic carbocycles. The van der Waals surface area contributed by atoms with Gasteiger partial charge in [-0.25, -0.2) is 4.79 Å². The van der Waals surface area contributed by atoms with Crippen molar-refractivity contribution in [3.8, 4) is 0 Å². The van der Waals surface area contributed by atoms with Crippen molar-refractivity contribution < 1.29 is 28.5 Å². The molecule has 0 unspecified atom stereocenters. The molecule has 0 aromatic heterocycles. The number of likely N-dealkylation sites (tertiary alicyclic amines) is 1. The lowest BCUT2D eigenvalue weighted by Crippen LogP contribution is -2.62. The number of hydrogen-bond acceptors (Lipinski definition) is 6. The van der Waals surface area contributed by atoms with Crippen LogP contribution in [0.4, 0.5) is 4.79 Å². The maximum absolute atomic E-state index is 12.7. The molecule has 4 fully saturated rings. The molecule has 4 rings (SSSR count). The Balaban J connectivity index is 1.38. The summed E-state index contributed by atoms with van der Waals surface area (Å²) in [5.74, 6) is 0.0164. The van der Waals surface area contributed by atoms with Gasteiger partial charge >= 0.3 is 6.09 Å². The van der Waals surface area contributed by atoms with Crippen molar-refractivity contribution in [2.75, 3.05) is 26.8 Å². The van der Waals surface area contributed by atoms with E-state index in [2.05, 4.69) is 32.2 Å². The molecular weight excluding hydrogens is 400 g/mol. The van der Waals surface area contributed by atoms with Crippen LogP contribution < -0.4 is 5.32 Å². The van der Waals surface area contributed by atoms with Crippen molar-refractivity contribution in [3.63, 3.8) is 0 Å². The van der Waals surface area contributed by atoms with Crippen LogP contribution in [0.3, 0.4) is 0 Å². The highest BCUT2D eigenvalue weighted by atomic mass is 16.6. The minimum Gasteiger partial charge on any atom is -0.443 e. The van der Waals surface area contributed by atoms with Gasteiger partial charge in [-0.3, -0.25) is 4.79 Å². The minimum absolute atomic E-state index is 0.00246. The minimum atomic E-state index is -0.347. The lowest BCUT2D eigenvalue weighted by atomic mass is 9.68. The van der Waals surface area contributed by atoms with E-state index < -0.39 is 0 Å². The van der Waals surface area contributed by atoms with E-state index in [4.69, 9.17) is 18.9 Å². The Morgan fingerprint density at radius 2 is 2.00 bits per heavy atom. The highest BCUT2D eigenvalue weighted by Gasteiger charge is 2.72. The summed E-state index contributed by atoms with van der Waals surface area (Å²) < 4.78 is 24.0. The number of carbonyl (C=O) groups excluding carboxylic acids is 2. The van der Waals surface area contributed by atoms with Crippen LogP contribution in [0.25, 0.3) is 0 Å². The van der Waals surface area contributed by atoms with Gasteiger partial charge in [0, 0.05) is 26.6 Å². The van der Waals surface area contributed by atoms with E-state index in [9.17, 15) is 9.59 Å². The number of allylic oxidation sites excluding steroid dienone is 1. The van der Waals surface area contributed by atoms with E-state index in [1.54, 1.807) is 12.0 Å². The van der Waals surface area contributed by atoms with E-state index in [1.165, 1.54) is 5.57 Å². The van der Waals surface area contributed by atoms with Gasteiger partial charge in [0.05, 0.1) is 24.7 Å². The van der Waals surface area contributed by atoms with Crippen molar-refractivity contribution in [1.29, 1.82) is 0 Å². The van der Waals surface area contributed by atoms with Gasteiger partial charge in [0.25, 0.3) is 0 Å². The molecule has 3 saturated heterocycles. The van der Waals surface area contributed by atoms with Gasteiger partial charge in [0.1, 0.15) is 23.4 Å². The van der Waals surface area contributed by atoms with Gasteiger partial charge in [0.2, 0.25) is 5.91 Å². The van der Waals surface area contributed by atoms with Crippen LogP contribution in [0.2, 0.25) is 0 Å². The SMILES string of the molecule is CCC(=O)NC1CN(C(=O)O[C@@H]2CC[C@]3(CO3)[C@@H]([C@@]3(C)O[C@@H]3CC=C(C)C)[C@@H]2OC)C1. The van der Waals surface area contributed by atoms with E-state index in [1.807, 2.05) is 6.92 Å². The molecule has 174 valence electrons. The Labute approximate surface area is 184 Å². The van der Waals surface area contributed by atoms with Gasteiger partial charge in [-0.05, 0) is 40.0 Å². The van der Waals surface area contributed by atoms with Crippen LogP contribution >= 0.6 is 0 Å². The van der Waals surface area contributed by atoms with Crippen molar-refractivity contribution in [3.05, 3.63) is 11.6 Å². The standard InChI is InChI=1S/C23H36N2O6/c1-6-18(26)24-15-11-25(12-15)21(27)30-16-9-10-23(13-29-23)20(19(16)28-5)22(4)17(31-22)8-7-14(2)3/h7,15-17,19-20H,6,8-13H2,1-5H3,(H,24,26)/t16-,17-,19-,20-,22+,23+/m1/s1. The Kier molecular flexibility index (Phi) is 6.09. The number of nitrogens with zero attached hydrogens (tertiary/aromatic N) is 1. The fourth-order valence-corrected chi connectivity index (χ4v) is 5.32. The molecule has 8 nitrogen and oxygen atoms in total. The number of nitrogens with one attached hydrogen (secondary N) is 1. The summed E-state index contributed by atoms with van der Waals surface area (Å²) in [7, 11) is 1.68. The van der Waals surface area contributed by atoms with Gasteiger partial charge < -0.3 is 29.2 Å². The molecule has 0 bridgehead atoms. The van der Waals surface area contributed by atoms with Crippen molar-refractivity contribution in [1.82, 2.24) is 10.2 Å². The van der Waals surface area contributed by atoms with Gasteiger partial charge in [-0.1, -0.05) is 18.6 Å². The monoisotopic (exact) mass is 436 g/mol. The van der Waals surface area contributed by atoms with E-state index >= 15 is 0 Å². The normalized spacial score (nSPS) is 38.9. The summed E-state index contributed by atoms with van der Waals surface area (Å²) in [6, 6.07) is 0.00932. The van der Waals surface area contributed by atoms with E-state index in [-0.39, 0.29) is 53.5 Å². The van der Waals surface area contributed by atoms with Crippen molar-refractivity contribution >= 4 is 12.0 Å². The number of carbonyl (C=O) groups is 2. The maximum Gasteiger partial charge on any atom is 0.410 e. The van der Waals surface area contributed by atoms with Crippen LogP contribution in [0.1, 0.15) is 53.4 Å². The molecule has 6 atom stereocenters. The zero-order valence-electron chi connectivity index (χ0n) is 19.3.